The van der Waals surface area contributed by atoms with Crippen molar-refractivity contribution in [2.45, 2.75) is 95.7 Å². The SMILES string of the molecule is C1CCC(NC2CCCCC2)CC1.CC(CS)C(=O)N1c2ccc(Cl)cc2CC1C(=O)O. The number of carbonyl (C=O) groups is 2. The van der Waals surface area contributed by atoms with Crippen LogP contribution in [-0.4, -0.2) is 40.9 Å². The summed E-state index contributed by atoms with van der Waals surface area (Å²) in [5.41, 5.74) is 1.43. The van der Waals surface area contributed by atoms with Crippen molar-refractivity contribution in [1.29, 1.82) is 0 Å². The minimum Gasteiger partial charge on any atom is -0.480 e. The highest BCUT2D eigenvalue weighted by molar-refractivity contribution is 7.80. The largest absolute Gasteiger partial charge is 0.480 e. The van der Waals surface area contributed by atoms with Crippen LogP contribution in [0.2, 0.25) is 5.02 Å². The Morgan fingerprint density at radius 1 is 1.09 bits per heavy atom. The number of aliphatic carboxylic acids is 1. The molecule has 1 heterocycles. The van der Waals surface area contributed by atoms with E-state index < -0.39 is 12.0 Å². The van der Waals surface area contributed by atoms with Crippen LogP contribution in [0.1, 0.15) is 76.7 Å². The predicted molar refractivity (Wildman–Crippen MR) is 134 cm³/mol. The van der Waals surface area contributed by atoms with E-state index in [9.17, 15) is 14.7 Å². The lowest BCUT2D eigenvalue weighted by Crippen LogP contribution is -2.45. The third-order valence-electron chi connectivity index (χ3n) is 6.93. The first kappa shape index (κ1) is 25.4. The monoisotopic (exact) mass is 480 g/mol. The minimum atomic E-state index is -1.01. The van der Waals surface area contributed by atoms with Crippen LogP contribution in [-0.2, 0) is 16.0 Å². The summed E-state index contributed by atoms with van der Waals surface area (Å²) in [7, 11) is 0. The summed E-state index contributed by atoms with van der Waals surface area (Å²) in [6.45, 7) is 1.74. The molecule has 2 fully saturated rings. The van der Waals surface area contributed by atoms with Crippen molar-refractivity contribution in [2.24, 2.45) is 5.92 Å². The van der Waals surface area contributed by atoms with Gasteiger partial charge in [-0.25, -0.2) is 4.79 Å². The number of anilines is 1. The molecule has 32 heavy (non-hydrogen) atoms. The highest BCUT2D eigenvalue weighted by Gasteiger charge is 2.39. The fourth-order valence-corrected chi connectivity index (χ4v) is 5.43. The molecule has 0 bridgehead atoms. The molecular formula is C25H37ClN2O3S. The van der Waals surface area contributed by atoms with Crippen LogP contribution in [0.25, 0.3) is 0 Å². The molecule has 0 spiro atoms. The van der Waals surface area contributed by atoms with Crippen molar-refractivity contribution >= 4 is 41.8 Å². The van der Waals surface area contributed by atoms with Gasteiger partial charge in [-0.3, -0.25) is 9.69 Å². The first-order valence-electron chi connectivity index (χ1n) is 12.1. The summed E-state index contributed by atoms with van der Waals surface area (Å²) >= 11 is 10.0. The second kappa shape index (κ2) is 12.3. The Morgan fingerprint density at radius 3 is 2.16 bits per heavy atom. The number of nitrogens with one attached hydrogen (secondary N) is 1. The van der Waals surface area contributed by atoms with Gasteiger partial charge in [-0.2, -0.15) is 12.6 Å². The Kier molecular flexibility index (Phi) is 9.75. The summed E-state index contributed by atoms with van der Waals surface area (Å²) in [4.78, 5) is 25.0. The number of fused-ring (bicyclic) bond motifs is 1. The Morgan fingerprint density at radius 2 is 1.66 bits per heavy atom. The van der Waals surface area contributed by atoms with E-state index in [2.05, 4.69) is 17.9 Å². The molecule has 2 aliphatic carbocycles. The Hall–Kier alpha value is -1.24. The van der Waals surface area contributed by atoms with Crippen LogP contribution in [0.5, 0.6) is 0 Å². The molecule has 2 saturated carbocycles. The molecule has 4 rings (SSSR count). The summed E-state index contributed by atoms with van der Waals surface area (Å²) in [5.74, 6) is -1.17. The van der Waals surface area contributed by atoms with Crippen LogP contribution in [0.15, 0.2) is 18.2 Å². The number of rotatable bonds is 5. The molecular weight excluding hydrogens is 444 g/mol. The number of amides is 1. The maximum Gasteiger partial charge on any atom is 0.327 e. The molecule has 0 saturated heterocycles. The first-order chi connectivity index (χ1) is 15.4. The fourth-order valence-electron chi connectivity index (χ4n) is 5.08. The van der Waals surface area contributed by atoms with Crippen molar-refractivity contribution < 1.29 is 14.7 Å². The number of thiol groups is 1. The maximum atomic E-state index is 12.3. The zero-order valence-electron chi connectivity index (χ0n) is 19.1. The van der Waals surface area contributed by atoms with Gasteiger partial charge >= 0.3 is 5.97 Å². The fraction of sp³-hybridized carbons (Fsp3) is 0.680. The Labute approximate surface area is 202 Å². The number of carbonyl (C=O) groups excluding carboxylic acids is 1. The molecule has 2 unspecified atom stereocenters. The van der Waals surface area contributed by atoms with E-state index in [-0.39, 0.29) is 18.2 Å². The topological polar surface area (TPSA) is 69.6 Å². The van der Waals surface area contributed by atoms with Gasteiger partial charge < -0.3 is 10.4 Å². The van der Waals surface area contributed by atoms with E-state index in [1.807, 2.05) is 0 Å². The summed E-state index contributed by atoms with van der Waals surface area (Å²) in [6, 6.07) is 5.96. The maximum absolute atomic E-state index is 12.3. The quantitative estimate of drug-likeness (QED) is 0.487. The van der Waals surface area contributed by atoms with E-state index >= 15 is 0 Å². The molecule has 0 aromatic heterocycles. The van der Waals surface area contributed by atoms with E-state index in [1.165, 1.54) is 69.1 Å². The number of carboxylic acids is 1. The highest BCUT2D eigenvalue weighted by Crippen LogP contribution is 2.35. The third kappa shape index (κ3) is 6.64. The van der Waals surface area contributed by atoms with Gasteiger partial charge in [-0.15, -0.1) is 0 Å². The molecule has 1 aliphatic heterocycles. The van der Waals surface area contributed by atoms with Gasteiger partial charge in [0.2, 0.25) is 5.91 Å². The van der Waals surface area contributed by atoms with Gasteiger partial charge in [0.15, 0.2) is 0 Å². The number of hydrogen-bond donors (Lipinski definition) is 3. The lowest BCUT2D eigenvalue weighted by molar-refractivity contribution is -0.140. The van der Waals surface area contributed by atoms with Crippen molar-refractivity contribution in [3.8, 4) is 0 Å². The second-order valence-electron chi connectivity index (χ2n) is 9.46. The predicted octanol–water partition coefficient (Wildman–Crippen LogP) is 5.49. The Bertz CT molecular complexity index is 762. The zero-order chi connectivity index (χ0) is 23.1. The highest BCUT2D eigenvalue weighted by atomic mass is 35.5. The van der Waals surface area contributed by atoms with E-state index in [0.29, 0.717) is 16.5 Å². The number of benzene rings is 1. The lowest BCUT2D eigenvalue weighted by atomic mass is 9.91. The average molecular weight is 481 g/mol. The summed E-state index contributed by atoms with van der Waals surface area (Å²) < 4.78 is 0. The number of carboxylic acid groups (broad SMARTS) is 1. The lowest BCUT2D eigenvalue weighted by Gasteiger charge is -2.30. The van der Waals surface area contributed by atoms with E-state index in [0.717, 1.165) is 17.6 Å². The van der Waals surface area contributed by atoms with Crippen molar-refractivity contribution in [1.82, 2.24) is 5.32 Å². The summed E-state index contributed by atoms with van der Waals surface area (Å²) in [6.07, 6.45) is 14.9. The van der Waals surface area contributed by atoms with Gasteiger partial charge in [-0.05, 0) is 49.4 Å². The zero-order valence-corrected chi connectivity index (χ0v) is 20.7. The normalized spacial score (nSPS) is 22.6. The molecule has 0 radical (unpaired) electrons. The standard InChI is InChI=1S/C13H14ClNO3S.C12H23N/c1-7(6-19)12(16)15-10-3-2-9(14)4-8(10)5-11(15)13(17)18;1-3-7-11(8-4-1)13-12-9-5-2-6-10-12/h2-4,7,11,19H,5-6H2,1H3,(H,17,18);11-13H,1-10H2. The third-order valence-corrected chi connectivity index (χ3v) is 7.71. The van der Waals surface area contributed by atoms with Crippen molar-refractivity contribution in [3.63, 3.8) is 0 Å². The Balaban J connectivity index is 0.000000193. The average Bonchev–Trinajstić information content (AvgIpc) is 3.18. The van der Waals surface area contributed by atoms with Crippen LogP contribution in [0.3, 0.4) is 0 Å². The van der Waals surface area contributed by atoms with Gasteiger partial charge in [0.1, 0.15) is 6.04 Å². The number of hydrogen-bond acceptors (Lipinski definition) is 4. The van der Waals surface area contributed by atoms with Gasteiger partial charge in [0.25, 0.3) is 0 Å². The van der Waals surface area contributed by atoms with Crippen molar-refractivity contribution in [3.05, 3.63) is 28.8 Å². The summed E-state index contributed by atoms with van der Waals surface area (Å²) in [5, 5.41) is 13.7. The molecule has 5 nitrogen and oxygen atoms in total. The van der Waals surface area contributed by atoms with Gasteiger partial charge in [0.05, 0.1) is 0 Å². The number of halogens is 1. The van der Waals surface area contributed by atoms with Crippen LogP contribution < -0.4 is 10.2 Å². The molecule has 2 N–H and O–H groups in total. The van der Waals surface area contributed by atoms with Gasteiger partial charge in [-0.1, -0.05) is 57.0 Å². The molecule has 2 atom stereocenters. The molecule has 3 aliphatic rings. The van der Waals surface area contributed by atoms with E-state index in [4.69, 9.17) is 11.6 Å². The van der Waals surface area contributed by atoms with Gasteiger partial charge in [0, 0.05) is 40.9 Å². The first-order valence-corrected chi connectivity index (χ1v) is 13.1. The molecule has 1 amide bonds. The molecule has 1 aromatic carbocycles. The smallest absolute Gasteiger partial charge is 0.327 e. The molecule has 7 heteroatoms. The van der Waals surface area contributed by atoms with Crippen LogP contribution in [0, 0.1) is 5.92 Å². The molecule has 1 aromatic rings. The molecule has 178 valence electrons. The van der Waals surface area contributed by atoms with Crippen LogP contribution >= 0.6 is 24.2 Å². The van der Waals surface area contributed by atoms with Crippen molar-refractivity contribution in [2.75, 3.05) is 10.7 Å². The van der Waals surface area contributed by atoms with E-state index in [1.54, 1.807) is 25.1 Å². The minimum absolute atomic E-state index is 0.219. The second-order valence-corrected chi connectivity index (χ2v) is 10.3. The van der Waals surface area contributed by atoms with Crippen LogP contribution in [0.4, 0.5) is 5.69 Å². The number of nitrogens with zero attached hydrogens (tertiary/aromatic N) is 1.